The fourth-order valence-electron chi connectivity index (χ4n) is 0.685. The summed E-state index contributed by atoms with van der Waals surface area (Å²) >= 11 is 1.77. The smallest absolute Gasteiger partial charge is 0.0116 e. The highest BCUT2D eigenvalue weighted by Gasteiger charge is 1.86. The minimum Gasteiger partial charge on any atom is -0.0981 e. The molecule has 0 saturated heterocycles. The molecule has 0 bridgehead atoms. The molecular formula is C10H12S. The third kappa shape index (κ3) is 3.28. The van der Waals surface area contributed by atoms with Crippen molar-refractivity contribution < 1.29 is 0 Å². The van der Waals surface area contributed by atoms with Crippen LogP contribution in [0.25, 0.3) is 0 Å². The zero-order chi connectivity index (χ0) is 8.10. The zero-order valence-corrected chi connectivity index (χ0v) is 7.69. The van der Waals surface area contributed by atoms with Crippen LogP contribution in [0.5, 0.6) is 0 Å². The summed E-state index contributed by atoms with van der Waals surface area (Å²) in [7, 11) is 0. The van der Waals surface area contributed by atoms with Crippen molar-refractivity contribution in [2.45, 2.75) is 18.7 Å². The molecule has 1 heteroatoms. The van der Waals surface area contributed by atoms with Crippen LogP contribution in [0.2, 0.25) is 0 Å². The van der Waals surface area contributed by atoms with Crippen LogP contribution < -0.4 is 0 Å². The maximum Gasteiger partial charge on any atom is 0.0116 e. The lowest BCUT2D eigenvalue weighted by Crippen LogP contribution is -1.65. The lowest BCUT2D eigenvalue weighted by molar-refractivity contribution is 1.41. The summed E-state index contributed by atoms with van der Waals surface area (Å²) in [4.78, 5) is 1.30. The standard InChI is InChI=1S/C10H12S/c1-9(2)8-11-10-6-4-3-5-7-10/h3-8H,1-2H3. The van der Waals surface area contributed by atoms with E-state index < -0.39 is 0 Å². The third-order valence-corrected chi connectivity index (χ3v) is 2.31. The van der Waals surface area contributed by atoms with Crippen molar-refractivity contribution in [2.75, 3.05) is 0 Å². The second kappa shape index (κ2) is 4.24. The monoisotopic (exact) mass is 164 g/mol. The highest BCUT2D eigenvalue weighted by molar-refractivity contribution is 8.02. The highest BCUT2D eigenvalue weighted by atomic mass is 32.2. The molecule has 0 aromatic heterocycles. The van der Waals surface area contributed by atoms with Crippen LogP contribution in [0.1, 0.15) is 13.8 Å². The van der Waals surface area contributed by atoms with E-state index in [2.05, 4.69) is 43.5 Å². The lowest BCUT2D eigenvalue weighted by Gasteiger charge is -1.94. The van der Waals surface area contributed by atoms with Crippen LogP contribution in [-0.2, 0) is 0 Å². The second-order valence-electron chi connectivity index (χ2n) is 2.63. The molecule has 0 saturated carbocycles. The molecule has 0 fully saturated rings. The molecular weight excluding hydrogens is 152 g/mol. The fourth-order valence-corrected chi connectivity index (χ4v) is 1.37. The van der Waals surface area contributed by atoms with Gasteiger partial charge in [-0.05, 0) is 31.4 Å². The molecule has 58 valence electrons. The Kier molecular flexibility index (Phi) is 3.24. The topological polar surface area (TPSA) is 0 Å². The first-order valence-corrected chi connectivity index (χ1v) is 4.52. The quantitative estimate of drug-likeness (QED) is 0.600. The van der Waals surface area contributed by atoms with Gasteiger partial charge in [-0.25, -0.2) is 0 Å². The second-order valence-corrected chi connectivity index (χ2v) is 3.57. The molecule has 0 amide bonds. The fraction of sp³-hybridized carbons (Fsp3) is 0.200. The number of benzene rings is 1. The van der Waals surface area contributed by atoms with Gasteiger partial charge in [-0.15, -0.1) is 0 Å². The SMILES string of the molecule is CC(C)=CSc1ccccc1. The van der Waals surface area contributed by atoms with E-state index in [1.807, 2.05) is 6.07 Å². The predicted molar refractivity (Wildman–Crippen MR) is 51.7 cm³/mol. The molecule has 1 aromatic carbocycles. The van der Waals surface area contributed by atoms with Gasteiger partial charge in [0.1, 0.15) is 0 Å². The third-order valence-electron chi connectivity index (χ3n) is 1.17. The number of hydrogen-bond acceptors (Lipinski definition) is 1. The largest absolute Gasteiger partial charge is 0.0981 e. The highest BCUT2D eigenvalue weighted by Crippen LogP contribution is 2.19. The molecule has 1 aromatic rings. The Balaban J connectivity index is 2.59. The van der Waals surface area contributed by atoms with Crippen LogP contribution in [0.15, 0.2) is 46.2 Å². The average Bonchev–Trinajstić information content (AvgIpc) is 2.03. The summed E-state index contributed by atoms with van der Waals surface area (Å²) in [5.74, 6) is 0. The van der Waals surface area contributed by atoms with Gasteiger partial charge in [0.15, 0.2) is 0 Å². The average molecular weight is 164 g/mol. The van der Waals surface area contributed by atoms with Crippen molar-refractivity contribution >= 4 is 11.8 Å². The van der Waals surface area contributed by atoms with Crippen molar-refractivity contribution in [2.24, 2.45) is 0 Å². The van der Waals surface area contributed by atoms with Gasteiger partial charge in [-0.1, -0.05) is 35.5 Å². The summed E-state index contributed by atoms with van der Waals surface area (Å²) in [5, 5.41) is 2.16. The van der Waals surface area contributed by atoms with Crippen molar-refractivity contribution in [1.29, 1.82) is 0 Å². The molecule has 0 atom stereocenters. The number of hydrogen-bond donors (Lipinski definition) is 0. The Labute approximate surface area is 72.3 Å². The van der Waals surface area contributed by atoms with Gasteiger partial charge in [0, 0.05) is 4.90 Å². The Morgan fingerprint density at radius 1 is 1.18 bits per heavy atom. The Morgan fingerprint density at radius 3 is 2.36 bits per heavy atom. The van der Waals surface area contributed by atoms with E-state index in [4.69, 9.17) is 0 Å². The van der Waals surface area contributed by atoms with Crippen LogP contribution in [0.4, 0.5) is 0 Å². The van der Waals surface area contributed by atoms with Crippen LogP contribution in [0, 0.1) is 0 Å². The summed E-state index contributed by atoms with van der Waals surface area (Å²) < 4.78 is 0. The number of thioether (sulfide) groups is 1. The maximum absolute atomic E-state index is 2.16. The maximum atomic E-state index is 2.16. The molecule has 11 heavy (non-hydrogen) atoms. The molecule has 0 heterocycles. The van der Waals surface area contributed by atoms with Crippen LogP contribution >= 0.6 is 11.8 Å². The van der Waals surface area contributed by atoms with Gasteiger partial charge in [0.2, 0.25) is 0 Å². The van der Waals surface area contributed by atoms with Gasteiger partial charge >= 0.3 is 0 Å². The minimum absolute atomic E-state index is 1.30. The zero-order valence-electron chi connectivity index (χ0n) is 6.87. The molecule has 0 aliphatic rings. The first-order valence-electron chi connectivity index (χ1n) is 3.64. The normalized spacial score (nSPS) is 9.27. The molecule has 0 radical (unpaired) electrons. The summed E-state index contributed by atoms with van der Waals surface area (Å²) in [6.45, 7) is 4.21. The van der Waals surface area contributed by atoms with Crippen LogP contribution in [0.3, 0.4) is 0 Å². The Morgan fingerprint density at radius 2 is 1.82 bits per heavy atom. The number of rotatable bonds is 2. The first kappa shape index (κ1) is 8.41. The van der Waals surface area contributed by atoms with Crippen molar-refractivity contribution in [3.8, 4) is 0 Å². The van der Waals surface area contributed by atoms with E-state index >= 15 is 0 Å². The number of allylic oxidation sites excluding steroid dienone is 1. The molecule has 1 rings (SSSR count). The summed E-state index contributed by atoms with van der Waals surface area (Å²) in [6.07, 6.45) is 0. The molecule has 0 aliphatic carbocycles. The Bertz CT molecular complexity index is 232. The van der Waals surface area contributed by atoms with E-state index in [1.165, 1.54) is 10.5 Å². The van der Waals surface area contributed by atoms with Gasteiger partial charge in [-0.3, -0.25) is 0 Å². The van der Waals surface area contributed by atoms with Gasteiger partial charge in [0.25, 0.3) is 0 Å². The van der Waals surface area contributed by atoms with E-state index in [9.17, 15) is 0 Å². The van der Waals surface area contributed by atoms with Gasteiger partial charge in [0.05, 0.1) is 0 Å². The van der Waals surface area contributed by atoms with Crippen molar-refractivity contribution in [3.63, 3.8) is 0 Å². The summed E-state index contributed by atoms with van der Waals surface area (Å²) in [6, 6.07) is 10.4. The molecule has 0 spiro atoms. The van der Waals surface area contributed by atoms with Crippen LogP contribution in [-0.4, -0.2) is 0 Å². The van der Waals surface area contributed by atoms with Gasteiger partial charge < -0.3 is 0 Å². The van der Waals surface area contributed by atoms with E-state index in [1.54, 1.807) is 11.8 Å². The lowest BCUT2D eigenvalue weighted by atomic mass is 10.4. The van der Waals surface area contributed by atoms with Crippen molar-refractivity contribution in [3.05, 3.63) is 41.3 Å². The van der Waals surface area contributed by atoms with E-state index in [-0.39, 0.29) is 0 Å². The molecule has 0 unspecified atom stereocenters. The molecule has 0 nitrogen and oxygen atoms in total. The Hall–Kier alpha value is -0.690. The minimum atomic E-state index is 1.30. The molecule has 0 aliphatic heterocycles. The van der Waals surface area contributed by atoms with E-state index in [0.717, 1.165) is 0 Å². The van der Waals surface area contributed by atoms with E-state index in [0.29, 0.717) is 0 Å². The summed E-state index contributed by atoms with van der Waals surface area (Å²) in [5.41, 5.74) is 1.35. The predicted octanol–water partition coefficient (Wildman–Crippen LogP) is 3.70. The van der Waals surface area contributed by atoms with Gasteiger partial charge in [-0.2, -0.15) is 0 Å². The van der Waals surface area contributed by atoms with Crippen molar-refractivity contribution in [1.82, 2.24) is 0 Å². The molecule has 0 N–H and O–H groups in total. The first-order chi connectivity index (χ1) is 5.29.